The van der Waals surface area contributed by atoms with Crippen molar-refractivity contribution >= 4 is 93.7 Å². The van der Waals surface area contributed by atoms with Crippen LogP contribution in [0, 0.1) is 17.8 Å². The van der Waals surface area contributed by atoms with E-state index in [4.69, 9.17) is 20.9 Å². The molecule has 1 aliphatic heterocycles. The summed E-state index contributed by atoms with van der Waals surface area (Å²) < 4.78 is 11.1. The maximum Gasteiger partial charge on any atom is 0.317 e. The molecule has 0 radical (unpaired) electrons. The van der Waals surface area contributed by atoms with Crippen molar-refractivity contribution in [2.24, 2.45) is 29.2 Å². The molecular formula is C73H110N18O19. The second-order valence-corrected chi connectivity index (χ2v) is 28.4. The number of carbonyl (C=O) groups is 14. The Morgan fingerprint density at radius 1 is 0.536 bits per heavy atom. The molecule has 1 aliphatic rings. The lowest BCUT2D eigenvalue weighted by Crippen LogP contribution is -2.60. The monoisotopic (exact) mass is 1540 g/mol. The second-order valence-electron chi connectivity index (χ2n) is 28.4. The summed E-state index contributed by atoms with van der Waals surface area (Å²) in [6, 6.07) is 5.27. The molecular weight excluding hydrogens is 1430 g/mol. The summed E-state index contributed by atoms with van der Waals surface area (Å²) in [7, 11) is 0. The highest BCUT2D eigenvalue weighted by Gasteiger charge is 2.36. The number of carbonyl (C=O) groups excluding carboxylic acids is 12. The second kappa shape index (κ2) is 46.8. The van der Waals surface area contributed by atoms with Crippen LogP contribution in [0.25, 0.3) is 10.9 Å². The first kappa shape index (κ1) is 90.1. The molecule has 12 amide bonds. The quantitative estimate of drug-likeness (QED) is 0.0190. The average molecular weight is 1540 g/mol. The van der Waals surface area contributed by atoms with E-state index in [-0.39, 0.29) is 102 Å². The number of aliphatic hydroxyl groups is 1. The number of nitrogens with one attached hydrogen (secondary N) is 12. The largest absolute Gasteiger partial charge is 0.480 e. The number of carboxylic acids is 2. The topological polar surface area (TPSA) is 545 Å². The van der Waals surface area contributed by atoms with Crippen LogP contribution in [-0.4, -0.2) is 281 Å². The molecule has 0 spiro atoms. The van der Waals surface area contributed by atoms with Crippen molar-refractivity contribution in [3.63, 3.8) is 0 Å². The van der Waals surface area contributed by atoms with Gasteiger partial charge in [-0.1, -0.05) is 90.1 Å². The maximum atomic E-state index is 14.6. The number of aliphatic carboxylic acids is 2. The van der Waals surface area contributed by atoms with Crippen molar-refractivity contribution < 1.29 is 91.9 Å². The van der Waals surface area contributed by atoms with Gasteiger partial charge >= 0.3 is 11.9 Å². The summed E-state index contributed by atoms with van der Waals surface area (Å²) in [6.07, 6.45) is 1.74. The molecule has 2 aromatic carbocycles. The minimum absolute atomic E-state index is 0.00104. The molecule has 3 heterocycles. The molecule has 37 nitrogen and oxygen atoms in total. The summed E-state index contributed by atoms with van der Waals surface area (Å²) in [5.41, 5.74) is 13.4. The lowest BCUT2D eigenvalue weighted by atomic mass is 9.96. The number of benzene rings is 2. The predicted octanol–water partition coefficient (Wildman–Crippen LogP) is -3.58. The van der Waals surface area contributed by atoms with Crippen LogP contribution in [0.4, 0.5) is 0 Å². The number of ether oxygens (including phenoxy) is 2. The molecule has 0 aliphatic carbocycles. The Bertz CT molecular complexity index is 3660. The third-order valence-electron chi connectivity index (χ3n) is 17.8. The molecule has 2 aromatic heterocycles. The number of amides is 12. The number of rotatable bonds is 48. The molecule has 1 saturated heterocycles. The van der Waals surface area contributed by atoms with Crippen molar-refractivity contribution in [2.45, 2.75) is 154 Å². The number of hydrogen-bond acceptors (Lipinski definition) is 21. The van der Waals surface area contributed by atoms with Crippen molar-refractivity contribution in [3.05, 3.63) is 90.1 Å². The van der Waals surface area contributed by atoms with Crippen molar-refractivity contribution in [3.8, 4) is 0 Å². The number of para-hydroxylation sites is 1. The highest BCUT2D eigenvalue weighted by Crippen LogP contribution is 2.21. The van der Waals surface area contributed by atoms with Gasteiger partial charge < -0.3 is 99.4 Å². The van der Waals surface area contributed by atoms with Crippen molar-refractivity contribution in [1.82, 2.24) is 82.8 Å². The van der Waals surface area contributed by atoms with Gasteiger partial charge in [0.1, 0.15) is 48.9 Å². The van der Waals surface area contributed by atoms with Gasteiger partial charge in [-0.2, -0.15) is 0 Å². The van der Waals surface area contributed by atoms with Crippen LogP contribution < -0.4 is 64.6 Å². The number of hydrogen-bond donors (Lipinski definition) is 17. The molecule has 9 atom stereocenters. The van der Waals surface area contributed by atoms with E-state index in [0.29, 0.717) is 67.0 Å². The van der Waals surface area contributed by atoms with E-state index < -0.39 is 163 Å². The van der Waals surface area contributed by atoms with E-state index in [1.54, 1.807) is 84.4 Å². The van der Waals surface area contributed by atoms with Gasteiger partial charge in [-0.3, -0.25) is 81.8 Å². The lowest BCUT2D eigenvalue weighted by molar-refractivity contribution is -0.140. The van der Waals surface area contributed by atoms with Crippen molar-refractivity contribution in [2.75, 3.05) is 98.4 Å². The Hall–Kier alpha value is -10.5. The number of imidazole rings is 1. The van der Waals surface area contributed by atoms with E-state index in [0.717, 1.165) is 0 Å². The van der Waals surface area contributed by atoms with Crippen LogP contribution in [0.1, 0.15) is 97.4 Å². The number of nitrogens with two attached hydrogens (primary N) is 2. The van der Waals surface area contributed by atoms with E-state index in [2.05, 4.69) is 68.1 Å². The molecule has 0 unspecified atom stereocenters. The minimum Gasteiger partial charge on any atom is -0.480 e. The third kappa shape index (κ3) is 33.6. The van der Waals surface area contributed by atoms with Gasteiger partial charge in [0, 0.05) is 100 Å². The summed E-state index contributed by atoms with van der Waals surface area (Å²) in [5.74, 6) is -12.1. The first-order valence-corrected chi connectivity index (χ1v) is 36.8. The Kier molecular flexibility index (Phi) is 38.3. The molecule has 19 N–H and O–H groups in total. The van der Waals surface area contributed by atoms with Crippen molar-refractivity contribution in [1.29, 1.82) is 0 Å². The summed E-state index contributed by atoms with van der Waals surface area (Å²) in [6.45, 7) is 12.4. The number of aromatic amines is 2. The molecule has 37 heteroatoms. The van der Waals surface area contributed by atoms with Crippen LogP contribution in [0.3, 0.4) is 0 Å². The Labute approximate surface area is 638 Å². The van der Waals surface area contributed by atoms with Crippen LogP contribution >= 0.6 is 0 Å². The average Bonchev–Trinajstić information content (AvgIpc) is 1.65. The van der Waals surface area contributed by atoms with Gasteiger partial charge in [0.15, 0.2) is 0 Å². The first-order chi connectivity index (χ1) is 52.2. The van der Waals surface area contributed by atoms with Crippen LogP contribution in [0.15, 0.2) is 73.3 Å². The standard InChI is InChI=1S/C73H110N18O19/c1-43(2)29-53(58(92)34-60(94)82-54(67(75)102)30-44(3)4)86-72(107)57(33-49-36-76-42-80-49)83-61(95)37-79-73(108)66(45(5)6)88-68(103)46(7)81-70(105)56(32-48-35-78-51-16-12-11-15-50(48)51)87-69(104)52(17-18-59(74)93)85-71(106)55(31-47-13-9-8-10-14-47)84-63(97)41-110-28-27-109-26-19-77-62(96)38-89-20-22-90(39-64(98)99)24-25-91(23-21-89)40-65(100)101/h8-16,35-36,42-46,52-58,66,78,92H,17-34,37-41H2,1-7H3,(H2,74,93)(H2,75,102)(H,76,80)(H,77,96)(H,79,108)(H,81,105)(H,82,94)(H,83,95)(H,84,97)(H,85,106)(H,86,107)(H,87,104)(H,88,103)(H,98,99)(H,100,101)/t46-,52-,53+,54-,55+,56-,57-,58+,66-/m0/s1. The highest BCUT2D eigenvalue weighted by atomic mass is 16.5. The number of fused-ring (bicyclic) bond motifs is 1. The van der Waals surface area contributed by atoms with E-state index in [1.807, 2.05) is 32.6 Å². The molecule has 4 aromatic rings. The number of carboxylic acid groups (broad SMARTS) is 2. The Morgan fingerprint density at radius 3 is 1.69 bits per heavy atom. The zero-order valence-corrected chi connectivity index (χ0v) is 63.4. The van der Waals surface area contributed by atoms with Gasteiger partial charge in [0.2, 0.25) is 70.9 Å². The molecule has 5 rings (SSSR count). The van der Waals surface area contributed by atoms with Gasteiger partial charge in [0.05, 0.1) is 70.9 Å². The number of H-pyrrole nitrogens is 2. The van der Waals surface area contributed by atoms with Gasteiger partial charge in [-0.05, 0) is 61.1 Å². The van der Waals surface area contributed by atoms with Gasteiger partial charge in [-0.25, -0.2) is 4.98 Å². The maximum absolute atomic E-state index is 14.6. The van der Waals surface area contributed by atoms with E-state index in [1.165, 1.54) is 19.4 Å². The molecule has 110 heavy (non-hydrogen) atoms. The number of nitrogens with zero attached hydrogens (tertiary/aromatic N) is 4. The molecule has 606 valence electrons. The minimum atomic E-state index is -1.56. The van der Waals surface area contributed by atoms with E-state index in [9.17, 15) is 82.4 Å². The SMILES string of the molecule is CC(C)C[C@H](NC(=O)C[C@@H](O)[C@@H](CC(C)C)NC(=O)[C@H](Cc1cnc[nH]1)NC(=O)CNC(=O)[C@@H](NC(=O)[C@H](C)NC(=O)[C@H](Cc1c[nH]c2ccccc12)NC(=O)[C@H](CCC(N)=O)NC(=O)[C@@H](Cc1ccccc1)NC(=O)COCCOCCNC(=O)CN1CCN(CC(=O)O)CCN(CC(=O)O)CC1)C(C)C)C(N)=O. The smallest absolute Gasteiger partial charge is 0.317 e. The molecule has 0 saturated carbocycles. The lowest BCUT2D eigenvalue weighted by Gasteiger charge is -2.28. The summed E-state index contributed by atoms with van der Waals surface area (Å²) in [5, 5.41) is 57.0. The zero-order chi connectivity index (χ0) is 81.0. The summed E-state index contributed by atoms with van der Waals surface area (Å²) in [4.78, 5) is 201. The fourth-order valence-electron chi connectivity index (χ4n) is 12.0. The Morgan fingerprint density at radius 2 is 1.09 bits per heavy atom. The zero-order valence-electron chi connectivity index (χ0n) is 63.4. The van der Waals surface area contributed by atoms with Crippen LogP contribution in [0.2, 0.25) is 0 Å². The summed E-state index contributed by atoms with van der Waals surface area (Å²) >= 11 is 0. The number of aromatic nitrogens is 3. The number of aliphatic hydroxyl groups excluding tert-OH is 1. The van der Waals surface area contributed by atoms with Gasteiger partial charge in [0.25, 0.3) is 0 Å². The van der Waals surface area contributed by atoms with Crippen LogP contribution in [0.5, 0.6) is 0 Å². The predicted molar refractivity (Wildman–Crippen MR) is 400 cm³/mol. The fraction of sp³-hybridized carbons (Fsp3) is 0.575. The normalized spacial score (nSPS) is 15.5. The highest BCUT2D eigenvalue weighted by molar-refractivity contribution is 5.98. The van der Waals surface area contributed by atoms with Crippen LogP contribution in [-0.2, 0) is 95.9 Å². The molecule has 0 bridgehead atoms. The number of primary amides is 2. The Balaban J connectivity index is 1.20. The third-order valence-corrected chi connectivity index (χ3v) is 17.8. The molecule has 1 fully saturated rings. The van der Waals surface area contributed by atoms with Gasteiger partial charge in [-0.15, -0.1) is 0 Å². The first-order valence-electron chi connectivity index (χ1n) is 36.8. The fourth-order valence-corrected chi connectivity index (χ4v) is 12.0. The van der Waals surface area contributed by atoms with E-state index >= 15 is 0 Å².